The van der Waals surface area contributed by atoms with E-state index < -0.39 is 4.99 Å². The van der Waals surface area contributed by atoms with E-state index in [4.69, 9.17) is 11.5 Å². The first-order valence-corrected chi connectivity index (χ1v) is 3.91. The average molecular weight is 132 g/mol. The van der Waals surface area contributed by atoms with Crippen molar-refractivity contribution in [3.63, 3.8) is 0 Å². The Hall–Kier alpha value is 0.270. The molecule has 1 aliphatic rings. The molecular formula is C5H12N2S. The molecule has 0 saturated carbocycles. The van der Waals surface area contributed by atoms with Gasteiger partial charge in [0.05, 0.1) is 0 Å². The van der Waals surface area contributed by atoms with Crippen LogP contribution >= 0.6 is 11.8 Å². The van der Waals surface area contributed by atoms with E-state index in [9.17, 15) is 0 Å². The summed E-state index contributed by atoms with van der Waals surface area (Å²) in [6.45, 7) is 0. The largest absolute Gasteiger partial charge is 0.305 e. The van der Waals surface area contributed by atoms with Gasteiger partial charge in [0.15, 0.2) is 0 Å². The lowest BCUT2D eigenvalue weighted by Crippen LogP contribution is -2.47. The molecule has 1 rings (SSSR count). The summed E-state index contributed by atoms with van der Waals surface area (Å²) in [7, 11) is 0. The van der Waals surface area contributed by atoms with Crippen molar-refractivity contribution in [2.45, 2.75) is 24.3 Å². The van der Waals surface area contributed by atoms with Crippen LogP contribution in [0, 0.1) is 0 Å². The van der Waals surface area contributed by atoms with Crippen LogP contribution in [-0.2, 0) is 0 Å². The highest BCUT2D eigenvalue weighted by Gasteiger charge is 2.21. The molecule has 2 nitrogen and oxygen atoms in total. The number of hydrogen-bond donors (Lipinski definition) is 2. The van der Waals surface area contributed by atoms with Gasteiger partial charge < -0.3 is 11.5 Å². The second-order valence-electron chi connectivity index (χ2n) is 2.26. The summed E-state index contributed by atoms with van der Waals surface area (Å²) in [5, 5.41) is 0. The van der Waals surface area contributed by atoms with Crippen molar-refractivity contribution in [1.82, 2.24) is 0 Å². The maximum atomic E-state index is 5.62. The topological polar surface area (TPSA) is 52.0 Å². The second kappa shape index (κ2) is 2.25. The van der Waals surface area contributed by atoms with Crippen LogP contribution in [0.5, 0.6) is 0 Å². The molecule has 1 fully saturated rings. The molecule has 0 aliphatic carbocycles. The van der Waals surface area contributed by atoms with Crippen LogP contribution in [-0.4, -0.2) is 10.7 Å². The lowest BCUT2D eigenvalue weighted by molar-refractivity contribution is 0.532. The molecule has 48 valence electrons. The molecule has 0 aromatic heterocycles. The van der Waals surface area contributed by atoms with Crippen molar-refractivity contribution in [3.05, 3.63) is 0 Å². The molecule has 3 heteroatoms. The van der Waals surface area contributed by atoms with Gasteiger partial charge in [-0.1, -0.05) is 0 Å². The van der Waals surface area contributed by atoms with E-state index in [-0.39, 0.29) is 0 Å². The molecular weight excluding hydrogens is 120 g/mol. The Morgan fingerprint density at radius 2 is 2.00 bits per heavy atom. The third-order valence-electron chi connectivity index (χ3n) is 1.33. The Kier molecular flexibility index (Phi) is 1.80. The molecule has 0 bridgehead atoms. The minimum atomic E-state index is -0.405. The summed E-state index contributed by atoms with van der Waals surface area (Å²) in [6.07, 6.45) is 3.44. The molecule has 1 heterocycles. The highest BCUT2D eigenvalue weighted by Crippen LogP contribution is 2.26. The van der Waals surface area contributed by atoms with Gasteiger partial charge in [0.25, 0.3) is 0 Å². The first kappa shape index (κ1) is 6.39. The molecule has 1 aliphatic heterocycles. The van der Waals surface area contributed by atoms with E-state index in [0.29, 0.717) is 0 Å². The van der Waals surface area contributed by atoms with E-state index in [1.54, 1.807) is 11.8 Å². The van der Waals surface area contributed by atoms with Crippen LogP contribution < -0.4 is 11.5 Å². The highest BCUT2D eigenvalue weighted by molar-refractivity contribution is 8.00. The van der Waals surface area contributed by atoms with Crippen molar-refractivity contribution in [1.29, 1.82) is 0 Å². The molecule has 8 heavy (non-hydrogen) atoms. The standard InChI is InChI=1S/C5H12N2S/c6-5(7)3-1-2-4-8-5/h1-4,6-7H2. The quantitative estimate of drug-likeness (QED) is 0.471. The molecule has 4 N–H and O–H groups in total. The highest BCUT2D eigenvalue weighted by atomic mass is 32.2. The molecule has 0 unspecified atom stereocenters. The molecule has 0 atom stereocenters. The van der Waals surface area contributed by atoms with Crippen LogP contribution in [0.4, 0.5) is 0 Å². The molecule has 0 aromatic rings. The second-order valence-corrected chi connectivity index (χ2v) is 3.72. The number of rotatable bonds is 0. The summed E-state index contributed by atoms with van der Waals surface area (Å²) in [4.78, 5) is -0.405. The Balaban J connectivity index is 2.33. The lowest BCUT2D eigenvalue weighted by Gasteiger charge is -2.27. The van der Waals surface area contributed by atoms with E-state index >= 15 is 0 Å². The van der Waals surface area contributed by atoms with Gasteiger partial charge in [-0.05, 0) is 25.0 Å². The fraction of sp³-hybridized carbons (Fsp3) is 1.00. The minimum absolute atomic E-state index is 0.405. The molecule has 0 amide bonds. The fourth-order valence-corrected chi connectivity index (χ4v) is 1.85. The zero-order valence-electron chi connectivity index (χ0n) is 4.89. The number of hydrogen-bond acceptors (Lipinski definition) is 3. The maximum absolute atomic E-state index is 5.62. The third kappa shape index (κ3) is 1.65. The van der Waals surface area contributed by atoms with Crippen molar-refractivity contribution in [2.75, 3.05) is 5.75 Å². The SMILES string of the molecule is NC1(N)CCCCS1. The van der Waals surface area contributed by atoms with Crippen molar-refractivity contribution in [2.24, 2.45) is 11.5 Å². The molecule has 0 spiro atoms. The Morgan fingerprint density at radius 3 is 2.25 bits per heavy atom. The van der Waals surface area contributed by atoms with Crippen LogP contribution in [0.25, 0.3) is 0 Å². The zero-order valence-corrected chi connectivity index (χ0v) is 5.71. The van der Waals surface area contributed by atoms with E-state index in [1.165, 1.54) is 12.8 Å². The Morgan fingerprint density at radius 1 is 1.25 bits per heavy atom. The summed E-state index contributed by atoms with van der Waals surface area (Å²) in [5.74, 6) is 1.13. The first-order valence-electron chi connectivity index (χ1n) is 2.92. The van der Waals surface area contributed by atoms with Gasteiger partial charge in [-0.15, -0.1) is 11.8 Å². The van der Waals surface area contributed by atoms with E-state index in [1.807, 2.05) is 0 Å². The number of nitrogens with two attached hydrogens (primary N) is 2. The minimum Gasteiger partial charge on any atom is -0.305 e. The smallest absolute Gasteiger partial charge is 0.112 e. The third-order valence-corrected chi connectivity index (χ3v) is 2.57. The van der Waals surface area contributed by atoms with Gasteiger partial charge in [0.1, 0.15) is 4.99 Å². The van der Waals surface area contributed by atoms with Crippen molar-refractivity contribution in [3.8, 4) is 0 Å². The van der Waals surface area contributed by atoms with E-state index in [0.717, 1.165) is 12.2 Å². The van der Waals surface area contributed by atoms with Crippen molar-refractivity contribution >= 4 is 11.8 Å². The summed E-state index contributed by atoms with van der Waals surface area (Å²) >= 11 is 1.68. The van der Waals surface area contributed by atoms with Crippen LogP contribution in [0.1, 0.15) is 19.3 Å². The van der Waals surface area contributed by atoms with Crippen LogP contribution in [0.3, 0.4) is 0 Å². The average Bonchev–Trinajstić information content (AvgIpc) is 1.65. The predicted octanol–water partition coefficient (Wildman–Crippen LogP) is 0.475. The lowest BCUT2D eigenvalue weighted by atomic mass is 10.2. The fourth-order valence-electron chi connectivity index (χ4n) is 0.838. The van der Waals surface area contributed by atoms with Gasteiger partial charge in [-0.2, -0.15) is 0 Å². The number of thioether (sulfide) groups is 1. The van der Waals surface area contributed by atoms with E-state index in [2.05, 4.69) is 0 Å². The van der Waals surface area contributed by atoms with Gasteiger partial charge in [-0.25, -0.2) is 0 Å². The normalized spacial score (nSPS) is 27.8. The zero-order chi connectivity index (χ0) is 6.04. The summed E-state index contributed by atoms with van der Waals surface area (Å²) in [6, 6.07) is 0. The summed E-state index contributed by atoms with van der Waals surface area (Å²) in [5.41, 5.74) is 11.2. The van der Waals surface area contributed by atoms with Gasteiger partial charge in [-0.3, -0.25) is 0 Å². The van der Waals surface area contributed by atoms with Crippen LogP contribution in [0.2, 0.25) is 0 Å². The first-order chi connectivity index (χ1) is 3.71. The Bertz CT molecular complexity index is 74.5. The van der Waals surface area contributed by atoms with Crippen molar-refractivity contribution < 1.29 is 0 Å². The molecule has 0 aromatic carbocycles. The summed E-state index contributed by atoms with van der Waals surface area (Å²) < 4.78 is 0. The molecule has 0 radical (unpaired) electrons. The maximum Gasteiger partial charge on any atom is 0.112 e. The van der Waals surface area contributed by atoms with Gasteiger partial charge >= 0.3 is 0 Å². The Labute approximate surface area is 54.0 Å². The van der Waals surface area contributed by atoms with Gasteiger partial charge in [0.2, 0.25) is 0 Å². The molecule has 1 saturated heterocycles. The van der Waals surface area contributed by atoms with Crippen LogP contribution in [0.15, 0.2) is 0 Å². The monoisotopic (exact) mass is 132 g/mol. The predicted molar refractivity (Wildman–Crippen MR) is 37.4 cm³/mol. The van der Waals surface area contributed by atoms with Gasteiger partial charge in [0, 0.05) is 0 Å².